The molecule has 0 unspecified atom stereocenters. The molecule has 0 saturated heterocycles. The Balaban J connectivity index is 3.02. The molecule has 0 bridgehead atoms. The minimum absolute atomic E-state index is 0.284. The van der Waals surface area contributed by atoms with Gasteiger partial charge in [0.05, 0.1) is 12.7 Å². The third-order valence-electron chi connectivity index (χ3n) is 1.93. The Morgan fingerprint density at radius 3 is 2.67 bits per heavy atom. The summed E-state index contributed by atoms with van der Waals surface area (Å²) < 4.78 is 4.50. The standard InChI is InChI=1S/C10H11NO4/c1-15-10(14)7-4-2-3-6(5-7)8(11)9(12)13/h2-5,8H,11H2,1H3,(H,12,13)/t8-/m0/s1. The van der Waals surface area contributed by atoms with Crippen molar-refractivity contribution in [2.24, 2.45) is 5.73 Å². The molecule has 1 aromatic rings. The number of carboxylic acid groups (broad SMARTS) is 1. The number of aliphatic carboxylic acids is 1. The fourth-order valence-electron chi connectivity index (χ4n) is 1.12. The first-order valence-electron chi connectivity index (χ1n) is 4.23. The number of esters is 1. The zero-order valence-corrected chi connectivity index (χ0v) is 8.14. The number of nitrogens with two attached hydrogens (primary N) is 1. The molecule has 0 heterocycles. The molecule has 0 aromatic heterocycles. The molecule has 80 valence electrons. The number of carbonyl (C=O) groups is 2. The summed E-state index contributed by atoms with van der Waals surface area (Å²) in [6.07, 6.45) is 0. The third kappa shape index (κ3) is 2.54. The van der Waals surface area contributed by atoms with Crippen LogP contribution in [0.25, 0.3) is 0 Å². The van der Waals surface area contributed by atoms with Crippen molar-refractivity contribution in [1.29, 1.82) is 0 Å². The van der Waals surface area contributed by atoms with Crippen LogP contribution in [0.4, 0.5) is 0 Å². The number of carbonyl (C=O) groups excluding carboxylic acids is 1. The summed E-state index contributed by atoms with van der Waals surface area (Å²) in [5.74, 6) is -1.66. The lowest BCUT2D eigenvalue weighted by Crippen LogP contribution is -2.21. The van der Waals surface area contributed by atoms with Gasteiger partial charge in [-0.1, -0.05) is 12.1 Å². The molecule has 0 aliphatic rings. The van der Waals surface area contributed by atoms with E-state index in [4.69, 9.17) is 10.8 Å². The Morgan fingerprint density at radius 1 is 1.47 bits per heavy atom. The summed E-state index contributed by atoms with van der Waals surface area (Å²) in [5.41, 5.74) is 6.05. The van der Waals surface area contributed by atoms with Gasteiger partial charge in [0.15, 0.2) is 0 Å². The molecule has 1 atom stereocenters. The van der Waals surface area contributed by atoms with E-state index in [9.17, 15) is 9.59 Å². The molecule has 0 fully saturated rings. The van der Waals surface area contributed by atoms with E-state index < -0.39 is 18.0 Å². The van der Waals surface area contributed by atoms with Gasteiger partial charge in [0, 0.05) is 0 Å². The lowest BCUT2D eigenvalue weighted by molar-refractivity contribution is -0.138. The van der Waals surface area contributed by atoms with Gasteiger partial charge in [-0.15, -0.1) is 0 Å². The van der Waals surface area contributed by atoms with Gasteiger partial charge in [-0.05, 0) is 17.7 Å². The van der Waals surface area contributed by atoms with Crippen LogP contribution in [0, 0.1) is 0 Å². The topological polar surface area (TPSA) is 89.6 Å². The average molecular weight is 209 g/mol. The molecule has 0 aliphatic heterocycles. The van der Waals surface area contributed by atoms with Crippen LogP contribution in [0.5, 0.6) is 0 Å². The molecule has 5 heteroatoms. The maximum absolute atomic E-state index is 11.1. The highest BCUT2D eigenvalue weighted by Gasteiger charge is 2.15. The summed E-state index contributed by atoms with van der Waals surface area (Å²) in [7, 11) is 1.26. The maximum atomic E-state index is 11.1. The molecule has 0 saturated carbocycles. The largest absolute Gasteiger partial charge is 0.480 e. The number of hydrogen-bond acceptors (Lipinski definition) is 4. The van der Waals surface area contributed by atoms with Crippen molar-refractivity contribution in [3.8, 4) is 0 Å². The molecule has 3 N–H and O–H groups in total. The van der Waals surface area contributed by atoms with Crippen LogP contribution in [-0.4, -0.2) is 24.2 Å². The second kappa shape index (κ2) is 4.56. The van der Waals surface area contributed by atoms with Crippen molar-refractivity contribution in [3.63, 3.8) is 0 Å². The maximum Gasteiger partial charge on any atom is 0.337 e. The molecule has 1 aromatic carbocycles. The Labute approximate surface area is 86.5 Å². The average Bonchev–Trinajstić information content (AvgIpc) is 2.27. The summed E-state index contributed by atoms with van der Waals surface area (Å²) in [6, 6.07) is 4.92. The molecular weight excluding hydrogens is 198 g/mol. The van der Waals surface area contributed by atoms with Crippen molar-refractivity contribution in [2.45, 2.75) is 6.04 Å². The Hall–Kier alpha value is -1.88. The van der Waals surface area contributed by atoms with Crippen LogP contribution in [0.1, 0.15) is 22.0 Å². The number of hydrogen-bond donors (Lipinski definition) is 2. The second-order valence-electron chi connectivity index (χ2n) is 2.93. The van der Waals surface area contributed by atoms with E-state index in [1.807, 2.05) is 0 Å². The fraction of sp³-hybridized carbons (Fsp3) is 0.200. The van der Waals surface area contributed by atoms with Crippen molar-refractivity contribution < 1.29 is 19.4 Å². The smallest absolute Gasteiger partial charge is 0.337 e. The molecule has 1 rings (SSSR count). The number of methoxy groups -OCH3 is 1. The Kier molecular flexibility index (Phi) is 3.41. The molecule has 15 heavy (non-hydrogen) atoms. The van der Waals surface area contributed by atoms with Crippen LogP contribution in [0.2, 0.25) is 0 Å². The van der Waals surface area contributed by atoms with Gasteiger partial charge in [-0.25, -0.2) is 4.79 Å². The minimum atomic E-state index is -1.14. The molecule has 0 radical (unpaired) electrons. The highest BCUT2D eigenvalue weighted by Crippen LogP contribution is 2.13. The molecule has 0 amide bonds. The summed E-state index contributed by atoms with van der Waals surface area (Å²) in [6.45, 7) is 0. The van der Waals surface area contributed by atoms with E-state index in [0.29, 0.717) is 5.56 Å². The summed E-state index contributed by atoms with van der Waals surface area (Å²) in [5, 5.41) is 8.68. The predicted molar refractivity (Wildman–Crippen MR) is 52.3 cm³/mol. The zero-order chi connectivity index (χ0) is 11.4. The van der Waals surface area contributed by atoms with E-state index in [1.165, 1.54) is 19.2 Å². The first-order valence-corrected chi connectivity index (χ1v) is 4.23. The lowest BCUT2D eigenvalue weighted by atomic mass is 10.0. The van der Waals surface area contributed by atoms with Crippen molar-refractivity contribution in [2.75, 3.05) is 7.11 Å². The zero-order valence-electron chi connectivity index (χ0n) is 8.14. The van der Waals surface area contributed by atoms with E-state index in [-0.39, 0.29) is 5.56 Å². The highest BCUT2D eigenvalue weighted by molar-refractivity contribution is 5.90. The van der Waals surface area contributed by atoms with E-state index in [2.05, 4.69) is 4.74 Å². The van der Waals surface area contributed by atoms with E-state index in [0.717, 1.165) is 0 Å². The first kappa shape index (κ1) is 11.2. The normalized spacial score (nSPS) is 11.9. The van der Waals surface area contributed by atoms with Gasteiger partial charge in [0.2, 0.25) is 0 Å². The summed E-state index contributed by atoms with van der Waals surface area (Å²) in [4.78, 5) is 21.8. The summed E-state index contributed by atoms with van der Waals surface area (Å²) >= 11 is 0. The number of ether oxygens (including phenoxy) is 1. The first-order chi connectivity index (χ1) is 7.06. The van der Waals surface area contributed by atoms with Crippen LogP contribution < -0.4 is 5.73 Å². The molecule has 0 spiro atoms. The quantitative estimate of drug-likeness (QED) is 0.710. The van der Waals surface area contributed by atoms with Gasteiger partial charge in [0.1, 0.15) is 6.04 Å². The van der Waals surface area contributed by atoms with Gasteiger partial charge in [-0.3, -0.25) is 4.79 Å². The lowest BCUT2D eigenvalue weighted by Gasteiger charge is -2.07. The van der Waals surface area contributed by atoms with Gasteiger partial charge >= 0.3 is 11.9 Å². The second-order valence-corrected chi connectivity index (χ2v) is 2.93. The molecule has 0 aliphatic carbocycles. The Bertz CT molecular complexity index is 389. The van der Waals surface area contributed by atoms with E-state index >= 15 is 0 Å². The van der Waals surface area contributed by atoms with Crippen molar-refractivity contribution in [3.05, 3.63) is 35.4 Å². The van der Waals surface area contributed by atoms with Gasteiger partial charge < -0.3 is 15.6 Å². The van der Waals surface area contributed by atoms with E-state index in [1.54, 1.807) is 12.1 Å². The van der Waals surface area contributed by atoms with Crippen LogP contribution in [0.15, 0.2) is 24.3 Å². The Morgan fingerprint density at radius 2 is 2.13 bits per heavy atom. The highest BCUT2D eigenvalue weighted by atomic mass is 16.5. The monoisotopic (exact) mass is 209 g/mol. The van der Waals surface area contributed by atoms with Gasteiger partial charge in [0.25, 0.3) is 0 Å². The SMILES string of the molecule is COC(=O)c1cccc([C@H](N)C(=O)O)c1. The fourth-order valence-corrected chi connectivity index (χ4v) is 1.12. The minimum Gasteiger partial charge on any atom is -0.480 e. The molecule has 5 nitrogen and oxygen atoms in total. The van der Waals surface area contributed by atoms with Crippen molar-refractivity contribution >= 4 is 11.9 Å². The van der Waals surface area contributed by atoms with Crippen LogP contribution in [-0.2, 0) is 9.53 Å². The van der Waals surface area contributed by atoms with Crippen LogP contribution >= 0.6 is 0 Å². The number of rotatable bonds is 3. The van der Waals surface area contributed by atoms with Gasteiger partial charge in [-0.2, -0.15) is 0 Å². The van der Waals surface area contributed by atoms with Crippen molar-refractivity contribution in [1.82, 2.24) is 0 Å². The third-order valence-corrected chi connectivity index (χ3v) is 1.93. The molecular formula is C10H11NO4. The predicted octanol–water partition coefficient (Wildman–Crippen LogP) is 0.558. The van der Waals surface area contributed by atoms with Crippen LogP contribution in [0.3, 0.4) is 0 Å². The number of benzene rings is 1. The number of carboxylic acids is 1.